The first-order chi connectivity index (χ1) is 12.1. The molecule has 6 heteroatoms. The zero-order valence-corrected chi connectivity index (χ0v) is 14.6. The average Bonchev–Trinajstić information content (AvgIpc) is 3.11. The highest BCUT2D eigenvalue weighted by Gasteiger charge is 2.35. The molecule has 1 amide bonds. The summed E-state index contributed by atoms with van der Waals surface area (Å²) in [5.41, 5.74) is 2.03. The fourth-order valence-corrected chi connectivity index (χ4v) is 3.63. The van der Waals surface area contributed by atoms with Gasteiger partial charge in [0.15, 0.2) is 0 Å². The van der Waals surface area contributed by atoms with E-state index in [2.05, 4.69) is 5.32 Å². The molecule has 0 saturated heterocycles. The number of furan rings is 1. The first-order valence-corrected chi connectivity index (χ1v) is 8.53. The Morgan fingerprint density at radius 2 is 1.76 bits per heavy atom. The van der Waals surface area contributed by atoms with Crippen LogP contribution in [0.2, 0.25) is 10.0 Å². The van der Waals surface area contributed by atoms with Crippen LogP contribution in [-0.4, -0.2) is 10.8 Å². The van der Waals surface area contributed by atoms with Crippen molar-refractivity contribution in [1.29, 1.82) is 0 Å². The van der Waals surface area contributed by atoms with Crippen LogP contribution in [-0.2, 0) is 6.54 Å². The summed E-state index contributed by atoms with van der Waals surface area (Å²) in [5, 5.41) is 4.39. The summed E-state index contributed by atoms with van der Waals surface area (Å²) in [6.45, 7) is 0.305. The molecule has 4 rings (SSSR count). The molecule has 1 atom stereocenters. The second kappa shape index (κ2) is 6.47. The number of hydrogen-bond acceptors (Lipinski definition) is 3. The van der Waals surface area contributed by atoms with Gasteiger partial charge in [-0.1, -0.05) is 41.4 Å². The van der Waals surface area contributed by atoms with Crippen LogP contribution in [0.5, 0.6) is 0 Å². The highest BCUT2D eigenvalue weighted by Crippen LogP contribution is 2.39. The SMILES string of the molecule is O=C1c2ccccc2N[C@@H](c2c(Cl)cccc2Cl)N1Cc1ccco1. The van der Waals surface area contributed by atoms with Gasteiger partial charge in [-0.25, -0.2) is 0 Å². The summed E-state index contributed by atoms with van der Waals surface area (Å²) in [4.78, 5) is 14.8. The molecule has 0 fully saturated rings. The van der Waals surface area contributed by atoms with Gasteiger partial charge in [0.05, 0.1) is 18.4 Å². The number of fused-ring (bicyclic) bond motifs is 1. The summed E-state index contributed by atoms with van der Waals surface area (Å²) in [6, 6.07) is 16.3. The van der Waals surface area contributed by atoms with Crippen molar-refractivity contribution >= 4 is 34.8 Å². The Morgan fingerprint density at radius 3 is 2.48 bits per heavy atom. The molecular weight excluding hydrogens is 359 g/mol. The minimum atomic E-state index is -0.492. The Hall–Kier alpha value is -2.43. The minimum Gasteiger partial charge on any atom is -0.467 e. The molecule has 1 N–H and O–H groups in total. The zero-order valence-electron chi connectivity index (χ0n) is 13.1. The maximum atomic E-state index is 13.1. The van der Waals surface area contributed by atoms with Crippen molar-refractivity contribution in [3.05, 3.63) is 87.8 Å². The Kier molecular flexibility index (Phi) is 4.15. The molecule has 2 aromatic carbocycles. The molecular formula is C19H14Cl2N2O2. The lowest BCUT2D eigenvalue weighted by atomic mass is 10.0. The van der Waals surface area contributed by atoms with E-state index in [0.717, 1.165) is 5.69 Å². The van der Waals surface area contributed by atoms with Gasteiger partial charge in [0.1, 0.15) is 11.9 Å². The summed E-state index contributed by atoms with van der Waals surface area (Å²) < 4.78 is 5.43. The van der Waals surface area contributed by atoms with Crippen LogP contribution in [0.1, 0.15) is 27.8 Å². The largest absolute Gasteiger partial charge is 0.467 e. The number of nitrogens with zero attached hydrogens (tertiary/aromatic N) is 1. The fourth-order valence-electron chi connectivity index (χ4n) is 3.03. The first kappa shape index (κ1) is 16.1. The molecule has 1 aromatic heterocycles. The molecule has 2 heterocycles. The minimum absolute atomic E-state index is 0.105. The number of amides is 1. The van der Waals surface area contributed by atoms with Crippen molar-refractivity contribution in [2.75, 3.05) is 5.32 Å². The number of carbonyl (C=O) groups excluding carboxylic acids is 1. The van der Waals surface area contributed by atoms with Gasteiger partial charge < -0.3 is 14.6 Å². The van der Waals surface area contributed by atoms with Gasteiger partial charge in [-0.15, -0.1) is 0 Å². The van der Waals surface area contributed by atoms with Gasteiger partial charge >= 0.3 is 0 Å². The molecule has 0 bridgehead atoms. The van der Waals surface area contributed by atoms with Crippen LogP contribution in [0.3, 0.4) is 0 Å². The second-order valence-corrected chi connectivity index (χ2v) is 6.55. The van der Waals surface area contributed by atoms with Gasteiger partial charge in [-0.05, 0) is 36.4 Å². The Labute approximate surface area is 155 Å². The molecule has 126 valence electrons. The Bertz CT molecular complexity index is 905. The smallest absolute Gasteiger partial charge is 0.258 e. The molecule has 0 spiro atoms. The monoisotopic (exact) mass is 372 g/mol. The maximum absolute atomic E-state index is 13.1. The topological polar surface area (TPSA) is 45.5 Å². The van der Waals surface area contributed by atoms with Gasteiger partial charge in [-0.3, -0.25) is 4.79 Å². The predicted molar refractivity (Wildman–Crippen MR) is 97.8 cm³/mol. The maximum Gasteiger partial charge on any atom is 0.258 e. The molecule has 1 aliphatic rings. The number of hydrogen-bond donors (Lipinski definition) is 1. The summed E-state index contributed by atoms with van der Waals surface area (Å²) in [5.74, 6) is 0.578. The van der Waals surface area contributed by atoms with E-state index in [1.807, 2.05) is 24.3 Å². The predicted octanol–water partition coefficient (Wildman–Crippen LogP) is 5.35. The highest BCUT2D eigenvalue weighted by molar-refractivity contribution is 6.36. The second-order valence-electron chi connectivity index (χ2n) is 5.74. The molecule has 25 heavy (non-hydrogen) atoms. The van der Waals surface area contributed by atoms with Crippen molar-refractivity contribution in [3.63, 3.8) is 0 Å². The fraction of sp³-hybridized carbons (Fsp3) is 0.105. The Balaban J connectivity index is 1.83. The number of para-hydroxylation sites is 1. The normalized spacial score (nSPS) is 16.5. The van der Waals surface area contributed by atoms with E-state index < -0.39 is 6.17 Å². The van der Waals surface area contributed by atoms with Crippen molar-refractivity contribution in [3.8, 4) is 0 Å². The Morgan fingerprint density at radius 1 is 1.00 bits per heavy atom. The van der Waals surface area contributed by atoms with Crippen molar-refractivity contribution in [1.82, 2.24) is 4.90 Å². The van der Waals surface area contributed by atoms with Gasteiger partial charge in [0.2, 0.25) is 0 Å². The van der Waals surface area contributed by atoms with Crippen molar-refractivity contribution in [2.24, 2.45) is 0 Å². The lowest BCUT2D eigenvalue weighted by Crippen LogP contribution is -2.42. The standard InChI is InChI=1S/C19H14Cl2N2O2/c20-14-7-3-8-15(21)17(14)18-22-16-9-2-1-6-13(16)19(24)23(18)11-12-5-4-10-25-12/h1-10,18,22H,11H2/t18-/m1/s1. The van der Waals surface area contributed by atoms with E-state index in [-0.39, 0.29) is 5.91 Å². The first-order valence-electron chi connectivity index (χ1n) is 7.78. The van der Waals surface area contributed by atoms with Gasteiger partial charge in [-0.2, -0.15) is 0 Å². The van der Waals surface area contributed by atoms with Crippen LogP contribution in [0.15, 0.2) is 65.3 Å². The van der Waals surface area contributed by atoms with Crippen LogP contribution >= 0.6 is 23.2 Å². The number of anilines is 1. The molecule has 0 aliphatic carbocycles. The van der Waals surface area contributed by atoms with E-state index in [4.69, 9.17) is 27.6 Å². The quantitative estimate of drug-likeness (QED) is 0.673. The zero-order chi connectivity index (χ0) is 17.4. The third kappa shape index (κ3) is 2.88. The molecule has 0 radical (unpaired) electrons. The third-order valence-corrected chi connectivity index (χ3v) is 4.86. The van der Waals surface area contributed by atoms with Crippen LogP contribution in [0.4, 0.5) is 5.69 Å². The van der Waals surface area contributed by atoms with E-state index in [0.29, 0.717) is 33.5 Å². The molecule has 0 saturated carbocycles. The van der Waals surface area contributed by atoms with Gasteiger partial charge in [0, 0.05) is 21.3 Å². The molecule has 3 aromatic rings. The van der Waals surface area contributed by atoms with E-state index in [1.54, 1.807) is 41.5 Å². The lowest BCUT2D eigenvalue weighted by Gasteiger charge is -2.38. The lowest BCUT2D eigenvalue weighted by molar-refractivity contribution is 0.0651. The van der Waals surface area contributed by atoms with Crippen LogP contribution in [0, 0.1) is 0 Å². The van der Waals surface area contributed by atoms with Gasteiger partial charge in [0.25, 0.3) is 5.91 Å². The van der Waals surface area contributed by atoms with Crippen molar-refractivity contribution < 1.29 is 9.21 Å². The molecule has 1 aliphatic heterocycles. The summed E-state index contributed by atoms with van der Waals surface area (Å²) in [7, 11) is 0. The van der Waals surface area contributed by atoms with E-state index in [1.165, 1.54) is 0 Å². The number of halogens is 2. The average molecular weight is 373 g/mol. The molecule has 0 unspecified atom stereocenters. The number of benzene rings is 2. The van der Waals surface area contributed by atoms with E-state index in [9.17, 15) is 4.79 Å². The number of rotatable bonds is 3. The third-order valence-electron chi connectivity index (χ3n) is 4.20. The van der Waals surface area contributed by atoms with Crippen LogP contribution in [0.25, 0.3) is 0 Å². The summed E-state index contributed by atoms with van der Waals surface area (Å²) in [6.07, 6.45) is 1.09. The highest BCUT2D eigenvalue weighted by atomic mass is 35.5. The van der Waals surface area contributed by atoms with E-state index >= 15 is 0 Å². The molecule has 4 nitrogen and oxygen atoms in total. The summed E-state index contributed by atoms with van der Waals surface area (Å²) >= 11 is 12.8. The van der Waals surface area contributed by atoms with Crippen LogP contribution < -0.4 is 5.32 Å². The number of nitrogens with one attached hydrogen (secondary N) is 1. The van der Waals surface area contributed by atoms with Crippen molar-refractivity contribution in [2.45, 2.75) is 12.7 Å². The number of carbonyl (C=O) groups is 1.